The van der Waals surface area contributed by atoms with Crippen molar-refractivity contribution in [2.75, 3.05) is 34.9 Å². The monoisotopic (exact) mass is 902 g/mol. The molecule has 4 aliphatic heterocycles. The summed E-state index contributed by atoms with van der Waals surface area (Å²) in [7, 11) is 6.42. The van der Waals surface area contributed by atoms with Crippen LogP contribution in [-0.2, 0) is 57.0 Å². The number of rotatable bonds is 13. The number of hydrogen-bond donors (Lipinski definition) is 5. The molecule has 0 aliphatic carbocycles. The van der Waals surface area contributed by atoms with Gasteiger partial charge in [0, 0.05) is 44.8 Å². The van der Waals surface area contributed by atoms with Gasteiger partial charge in [-0.3, -0.25) is 9.59 Å². The highest BCUT2D eigenvalue weighted by atomic mass is 16.7. The molecule has 4 rings (SSSR count). The van der Waals surface area contributed by atoms with Crippen LogP contribution in [0.25, 0.3) is 0 Å². The summed E-state index contributed by atoms with van der Waals surface area (Å²) in [5, 5.41) is 55.6. The van der Waals surface area contributed by atoms with Crippen molar-refractivity contribution in [3.05, 3.63) is 24.3 Å². The number of ketones is 1. The average Bonchev–Trinajstić information content (AvgIpc) is 3.22. The summed E-state index contributed by atoms with van der Waals surface area (Å²) in [4.78, 5) is 41.2. The van der Waals surface area contributed by atoms with Crippen molar-refractivity contribution >= 4 is 18.0 Å². The number of aldehydes is 1. The molecule has 0 amide bonds. The van der Waals surface area contributed by atoms with E-state index < -0.39 is 140 Å². The second kappa shape index (κ2) is 24.0. The largest absolute Gasteiger partial charge is 0.462 e. The van der Waals surface area contributed by atoms with Crippen molar-refractivity contribution in [2.45, 2.75) is 184 Å². The molecular weight excluding hydrogens is 826 g/mol. The van der Waals surface area contributed by atoms with E-state index in [9.17, 15) is 39.9 Å². The molecular formula is C45H75NO17. The van der Waals surface area contributed by atoms with Crippen LogP contribution in [0.4, 0.5) is 0 Å². The first-order chi connectivity index (χ1) is 29.7. The van der Waals surface area contributed by atoms with Gasteiger partial charge >= 0.3 is 5.97 Å². The molecule has 0 radical (unpaired) electrons. The number of nitrogens with zero attached hydrogens (tertiary/aromatic N) is 1. The van der Waals surface area contributed by atoms with Crippen LogP contribution >= 0.6 is 0 Å². The minimum atomic E-state index is -1.49. The molecule has 362 valence electrons. The maximum absolute atomic E-state index is 13.7. The number of hydrogen-bond acceptors (Lipinski definition) is 18. The third-order valence-electron chi connectivity index (χ3n) is 13.2. The maximum atomic E-state index is 13.7. The fourth-order valence-corrected chi connectivity index (χ4v) is 9.28. The first-order valence-corrected chi connectivity index (χ1v) is 22.3. The number of likely N-dealkylation sites (N-methyl/N-ethyl adjacent to an activating group) is 1. The number of methoxy groups -OCH3 is 2. The van der Waals surface area contributed by atoms with Crippen LogP contribution in [0.15, 0.2) is 24.3 Å². The van der Waals surface area contributed by atoms with Gasteiger partial charge in [-0.15, -0.1) is 0 Å². The molecule has 0 saturated carbocycles. The Kier molecular flexibility index (Phi) is 20.3. The molecule has 5 N–H and O–H groups in total. The summed E-state index contributed by atoms with van der Waals surface area (Å²) in [5.74, 6) is -3.58. The Morgan fingerprint density at radius 1 is 0.857 bits per heavy atom. The summed E-state index contributed by atoms with van der Waals surface area (Å²) in [5.41, 5.74) is -1.49. The second-order valence-corrected chi connectivity index (χ2v) is 18.2. The standard InChI is InChI=1S/C45H75NO17/c1-12-32-29(22-57-44-41(56-11)40(55-10)36(51)25(4)59-44)15-13-14-16-30(48)23(2)19-28(17-18-47)38(24(3)31(49)20-33(50)61-32)63-43-37(52)35(46(8)9)39(26(5)60-43)62-34-21-45(7,54)42(53)27(6)58-34/h13-16,18,23-29,31-32,34-44,49,51-54H,12,17,19-22H2,1-11H3/b15-13+,16-14+/t23?,24?,25-,26-,27+,28?,29?,31?,32?,34+,35+,36-,37-,38?,39+,40-,41-,42-,43-,44-,45+/m1/s1. The van der Waals surface area contributed by atoms with Gasteiger partial charge in [-0.25, -0.2) is 0 Å². The Morgan fingerprint density at radius 3 is 2.13 bits per heavy atom. The lowest BCUT2D eigenvalue weighted by Crippen LogP contribution is -2.65. The van der Waals surface area contributed by atoms with Crippen molar-refractivity contribution in [1.82, 2.24) is 4.90 Å². The van der Waals surface area contributed by atoms with Gasteiger partial charge in [0.1, 0.15) is 49.0 Å². The van der Waals surface area contributed by atoms with E-state index in [1.54, 1.807) is 71.8 Å². The lowest BCUT2D eigenvalue weighted by molar-refractivity contribution is -0.341. The molecule has 0 aromatic heterocycles. The van der Waals surface area contributed by atoms with Crippen LogP contribution in [0.3, 0.4) is 0 Å². The second-order valence-electron chi connectivity index (χ2n) is 18.2. The molecule has 21 atom stereocenters. The van der Waals surface area contributed by atoms with Crippen LogP contribution in [0.2, 0.25) is 0 Å². The highest BCUT2D eigenvalue weighted by molar-refractivity contribution is 5.91. The summed E-state index contributed by atoms with van der Waals surface area (Å²) >= 11 is 0. The molecule has 4 aliphatic rings. The molecule has 4 heterocycles. The number of ether oxygens (including phenoxy) is 9. The lowest BCUT2D eigenvalue weighted by Gasteiger charge is -2.50. The number of carbonyl (C=O) groups excluding carboxylic acids is 3. The molecule has 63 heavy (non-hydrogen) atoms. The number of cyclic esters (lactones) is 1. The number of carbonyl (C=O) groups is 3. The van der Waals surface area contributed by atoms with Gasteiger partial charge in [0.2, 0.25) is 0 Å². The Bertz CT molecular complexity index is 1510. The van der Waals surface area contributed by atoms with E-state index in [4.69, 9.17) is 42.6 Å². The zero-order valence-electron chi connectivity index (χ0n) is 38.8. The molecule has 0 bridgehead atoms. The van der Waals surface area contributed by atoms with E-state index in [0.29, 0.717) is 12.7 Å². The topological polar surface area (TPSA) is 239 Å². The summed E-state index contributed by atoms with van der Waals surface area (Å²) in [6.45, 7) is 11.8. The van der Waals surface area contributed by atoms with E-state index in [-0.39, 0.29) is 31.7 Å². The molecule has 18 heteroatoms. The molecule has 0 aromatic carbocycles. The predicted octanol–water partition coefficient (Wildman–Crippen LogP) is 1.44. The normalized spacial score (nSPS) is 46.0. The third-order valence-corrected chi connectivity index (χ3v) is 13.2. The molecule has 18 nitrogen and oxygen atoms in total. The zero-order chi connectivity index (χ0) is 46.9. The maximum Gasteiger partial charge on any atom is 0.308 e. The van der Waals surface area contributed by atoms with Gasteiger partial charge in [-0.05, 0) is 66.6 Å². The molecule has 0 aromatic rings. The Hall–Kier alpha value is -2.27. The molecule has 3 saturated heterocycles. The Balaban J connectivity index is 1.59. The number of allylic oxidation sites excluding steroid dienone is 3. The Labute approximate surface area is 372 Å². The van der Waals surface area contributed by atoms with E-state index >= 15 is 0 Å². The van der Waals surface area contributed by atoms with Gasteiger partial charge < -0.3 is 77.9 Å². The number of aliphatic hydroxyl groups is 5. The minimum absolute atomic E-state index is 0.00871. The third kappa shape index (κ3) is 13.4. The van der Waals surface area contributed by atoms with Crippen molar-refractivity contribution in [1.29, 1.82) is 0 Å². The van der Waals surface area contributed by atoms with Gasteiger partial charge in [0.05, 0.1) is 55.2 Å². The lowest BCUT2D eigenvalue weighted by atomic mass is 9.79. The molecule has 0 spiro atoms. The van der Waals surface area contributed by atoms with Crippen molar-refractivity contribution < 1.29 is 82.5 Å². The van der Waals surface area contributed by atoms with E-state index in [0.717, 1.165) is 0 Å². The van der Waals surface area contributed by atoms with E-state index in [1.165, 1.54) is 27.2 Å². The fraction of sp³-hybridized carbons (Fsp3) is 0.844. The van der Waals surface area contributed by atoms with Gasteiger partial charge in [0.15, 0.2) is 24.7 Å². The molecule has 7 unspecified atom stereocenters. The highest BCUT2D eigenvalue weighted by Crippen LogP contribution is 2.37. The average molecular weight is 902 g/mol. The van der Waals surface area contributed by atoms with Crippen LogP contribution < -0.4 is 0 Å². The van der Waals surface area contributed by atoms with Crippen LogP contribution in [0, 0.1) is 23.7 Å². The SMILES string of the molecule is CCC1OC(=O)CC(O)C(C)C(O[C@H]2O[C@H](C)[C@H](O[C@H]3C[C@](C)(O)[C@H](O)[C@H](C)O3)[C@@H](N(C)C)[C@H]2O)C(CC=O)CC(C)C(=O)/C=C/C=C/C1CO[C@@H]1O[C@H](C)[C@@H](O)[C@@H](OC)[C@H]1OC. The predicted molar refractivity (Wildman–Crippen MR) is 226 cm³/mol. The van der Waals surface area contributed by atoms with Crippen LogP contribution in [0.1, 0.15) is 80.6 Å². The summed E-state index contributed by atoms with van der Waals surface area (Å²) in [6, 6.07) is -0.747. The zero-order valence-corrected chi connectivity index (χ0v) is 38.8. The van der Waals surface area contributed by atoms with Gasteiger partial charge in [-0.2, -0.15) is 0 Å². The van der Waals surface area contributed by atoms with Crippen LogP contribution in [0.5, 0.6) is 0 Å². The van der Waals surface area contributed by atoms with Crippen molar-refractivity contribution in [3.8, 4) is 0 Å². The number of esters is 1. The summed E-state index contributed by atoms with van der Waals surface area (Å²) < 4.78 is 54.4. The van der Waals surface area contributed by atoms with Crippen molar-refractivity contribution in [2.24, 2.45) is 23.7 Å². The van der Waals surface area contributed by atoms with E-state index in [2.05, 4.69) is 0 Å². The Morgan fingerprint density at radius 2 is 1.52 bits per heavy atom. The van der Waals surface area contributed by atoms with Crippen LogP contribution in [-0.4, -0.2) is 187 Å². The van der Waals surface area contributed by atoms with Gasteiger partial charge in [-0.1, -0.05) is 39.0 Å². The van der Waals surface area contributed by atoms with E-state index in [1.807, 2.05) is 6.92 Å². The minimum Gasteiger partial charge on any atom is -0.462 e. The quantitative estimate of drug-likeness (QED) is 0.130. The van der Waals surface area contributed by atoms with Gasteiger partial charge in [0.25, 0.3) is 0 Å². The number of aliphatic hydroxyl groups excluding tert-OH is 4. The fourth-order valence-electron chi connectivity index (χ4n) is 9.28. The smallest absolute Gasteiger partial charge is 0.308 e. The highest BCUT2D eigenvalue weighted by Gasteiger charge is 2.52. The first-order valence-electron chi connectivity index (χ1n) is 22.3. The molecule has 3 fully saturated rings. The van der Waals surface area contributed by atoms with Crippen molar-refractivity contribution in [3.63, 3.8) is 0 Å². The summed E-state index contributed by atoms with van der Waals surface area (Å²) in [6.07, 6.45) is -6.99. The first kappa shape index (κ1) is 53.3.